The van der Waals surface area contributed by atoms with Crippen molar-refractivity contribution in [3.8, 4) is 84.0 Å². The largest absolute Gasteiger partial charge is 0.278 e. The van der Waals surface area contributed by atoms with Gasteiger partial charge in [0, 0.05) is 27.1 Å². The second kappa shape index (κ2) is 15.8. The molecule has 12 aromatic rings. The minimum atomic E-state index is -0.243. The summed E-state index contributed by atoms with van der Waals surface area (Å²) in [5.74, 6) is 0.669. The Balaban J connectivity index is 0.984. The van der Waals surface area contributed by atoms with Crippen LogP contribution in [0.1, 0.15) is 25.0 Å². The van der Waals surface area contributed by atoms with Gasteiger partial charge in [-0.2, -0.15) is 0 Å². The highest BCUT2D eigenvalue weighted by atomic mass is 15.2. The third-order valence-corrected chi connectivity index (χ3v) is 14.2. The smallest absolute Gasteiger partial charge is 0.235 e. The molecule has 1 aliphatic rings. The van der Waals surface area contributed by atoms with E-state index < -0.39 is 0 Å². The predicted octanol–water partition coefficient (Wildman–Crippen LogP) is 17.0. The Morgan fingerprint density at radius 3 is 1.38 bits per heavy atom. The fraction of sp³-hybridized carbons (Fsp3) is 0.0462. The number of aromatic nitrogens is 3. The van der Waals surface area contributed by atoms with Crippen molar-refractivity contribution in [2.75, 3.05) is 0 Å². The van der Waals surface area contributed by atoms with Gasteiger partial charge in [0.05, 0.1) is 22.2 Å². The molecule has 13 rings (SSSR count). The van der Waals surface area contributed by atoms with Gasteiger partial charge in [-0.3, -0.25) is 4.57 Å². The molecule has 3 heteroatoms. The van der Waals surface area contributed by atoms with E-state index in [0.717, 1.165) is 55.1 Å². The van der Waals surface area contributed by atoms with Gasteiger partial charge in [0.15, 0.2) is 0 Å². The van der Waals surface area contributed by atoms with Crippen LogP contribution in [0.5, 0.6) is 0 Å². The average Bonchev–Trinajstić information content (AvgIpc) is 3.74. The summed E-state index contributed by atoms with van der Waals surface area (Å²) in [7, 11) is 0. The molecule has 0 fully saturated rings. The summed E-state index contributed by atoms with van der Waals surface area (Å²) in [5.41, 5.74) is 21.7. The first-order chi connectivity index (χ1) is 33.4. The lowest BCUT2D eigenvalue weighted by atomic mass is 9.69. The van der Waals surface area contributed by atoms with E-state index in [0.29, 0.717) is 5.95 Å². The van der Waals surface area contributed by atoms with E-state index in [1.165, 1.54) is 66.8 Å². The summed E-state index contributed by atoms with van der Waals surface area (Å²) in [6.07, 6.45) is 0. The minimum absolute atomic E-state index is 0.243. The molecule has 2 aromatic heterocycles. The molecule has 10 aromatic carbocycles. The monoisotopic (exact) mass is 867 g/mol. The molecule has 0 aliphatic heterocycles. The van der Waals surface area contributed by atoms with E-state index in [-0.39, 0.29) is 5.41 Å². The van der Waals surface area contributed by atoms with Gasteiger partial charge in [-0.1, -0.05) is 190 Å². The summed E-state index contributed by atoms with van der Waals surface area (Å²) >= 11 is 0. The van der Waals surface area contributed by atoms with Crippen molar-refractivity contribution in [3.05, 3.63) is 248 Å². The minimum Gasteiger partial charge on any atom is -0.278 e. The van der Waals surface area contributed by atoms with E-state index in [9.17, 15) is 0 Å². The van der Waals surface area contributed by atoms with Gasteiger partial charge in [0.25, 0.3) is 0 Å². The van der Waals surface area contributed by atoms with Crippen LogP contribution in [0.15, 0.2) is 237 Å². The molecular weight excluding hydrogens is 823 g/mol. The lowest BCUT2D eigenvalue weighted by molar-refractivity contribution is 0.644. The summed E-state index contributed by atoms with van der Waals surface area (Å²) < 4.78 is 2.26. The van der Waals surface area contributed by atoms with Crippen LogP contribution in [0.25, 0.3) is 117 Å². The molecule has 0 unspecified atom stereocenters. The van der Waals surface area contributed by atoms with Crippen LogP contribution in [0.3, 0.4) is 0 Å². The third-order valence-electron chi connectivity index (χ3n) is 14.2. The van der Waals surface area contributed by atoms with Gasteiger partial charge in [0.2, 0.25) is 5.95 Å². The molecule has 0 atom stereocenters. The van der Waals surface area contributed by atoms with Crippen molar-refractivity contribution in [1.82, 2.24) is 14.5 Å². The highest BCUT2D eigenvalue weighted by Crippen LogP contribution is 2.49. The molecule has 2 heterocycles. The summed E-state index contributed by atoms with van der Waals surface area (Å²) in [5, 5.41) is 3.44. The summed E-state index contributed by atoms with van der Waals surface area (Å²) in [4.78, 5) is 11.0. The van der Waals surface area contributed by atoms with Crippen LogP contribution in [-0.2, 0) is 5.41 Å². The summed E-state index contributed by atoms with van der Waals surface area (Å²) in [6, 6.07) is 85.9. The molecule has 320 valence electrons. The Bertz CT molecular complexity index is 3820. The molecule has 68 heavy (non-hydrogen) atoms. The maximum atomic E-state index is 5.56. The molecular formula is C65H45N3. The van der Waals surface area contributed by atoms with Crippen molar-refractivity contribution in [1.29, 1.82) is 0 Å². The fourth-order valence-electron chi connectivity index (χ4n) is 10.7. The van der Waals surface area contributed by atoms with Crippen molar-refractivity contribution < 1.29 is 0 Å². The van der Waals surface area contributed by atoms with Gasteiger partial charge in [-0.15, -0.1) is 0 Å². The lowest BCUT2D eigenvalue weighted by Crippen LogP contribution is -2.24. The number of benzene rings is 10. The lowest BCUT2D eigenvalue weighted by Gasteiger charge is -2.35. The van der Waals surface area contributed by atoms with Crippen LogP contribution in [0.4, 0.5) is 0 Å². The number of nitrogens with zero attached hydrogens (tertiary/aromatic N) is 3. The Kier molecular flexibility index (Phi) is 9.19. The van der Waals surface area contributed by atoms with E-state index in [4.69, 9.17) is 9.97 Å². The first-order valence-corrected chi connectivity index (χ1v) is 23.5. The first kappa shape index (κ1) is 39.7. The van der Waals surface area contributed by atoms with Gasteiger partial charge in [-0.05, 0) is 139 Å². The van der Waals surface area contributed by atoms with Crippen molar-refractivity contribution >= 4 is 32.7 Å². The Labute approximate surface area is 396 Å². The van der Waals surface area contributed by atoms with E-state index >= 15 is 0 Å². The maximum Gasteiger partial charge on any atom is 0.235 e. The molecule has 0 saturated carbocycles. The molecule has 0 N–H and O–H groups in total. The predicted molar refractivity (Wildman–Crippen MR) is 284 cm³/mol. The van der Waals surface area contributed by atoms with Crippen LogP contribution < -0.4 is 0 Å². The Morgan fingerprint density at radius 2 is 0.779 bits per heavy atom. The highest BCUT2D eigenvalue weighted by Gasteiger charge is 2.35. The van der Waals surface area contributed by atoms with Gasteiger partial charge in [0.1, 0.15) is 0 Å². The van der Waals surface area contributed by atoms with Crippen LogP contribution in [0, 0.1) is 0 Å². The molecule has 1 aliphatic carbocycles. The molecule has 0 radical (unpaired) electrons. The van der Waals surface area contributed by atoms with Crippen LogP contribution in [-0.4, -0.2) is 14.5 Å². The van der Waals surface area contributed by atoms with Gasteiger partial charge < -0.3 is 0 Å². The number of hydrogen-bond acceptors (Lipinski definition) is 2. The zero-order valence-corrected chi connectivity index (χ0v) is 37.9. The highest BCUT2D eigenvalue weighted by molar-refractivity contribution is 6.11. The molecule has 0 amide bonds. The number of rotatable bonds is 7. The number of hydrogen-bond donors (Lipinski definition) is 0. The first-order valence-electron chi connectivity index (χ1n) is 23.5. The summed E-state index contributed by atoms with van der Waals surface area (Å²) in [6.45, 7) is 4.66. The SMILES string of the molecule is CC1(C)c2cc(-c3ccccc3)ccc2-c2nc(-n3c4ccccc4c4cc(-c5cc(-c6cccc(-c7ccccc7)c6)cc(-c6cccc(-c7ccccc7)c6)c5)ccc43)nc3cccc1c23. The van der Waals surface area contributed by atoms with E-state index in [2.05, 4.69) is 255 Å². The van der Waals surface area contributed by atoms with Gasteiger partial charge >= 0.3 is 0 Å². The van der Waals surface area contributed by atoms with Gasteiger partial charge in [-0.25, -0.2) is 9.97 Å². The van der Waals surface area contributed by atoms with Crippen molar-refractivity contribution in [2.24, 2.45) is 0 Å². The molecule has 0 spiro atoms. The average molecular weight is 868 g/mol. The Morgan fingerprint density at radius 1 is 0.324 bits per heavy atom. The van der Waals surface area contributed by atoms with E-state index in [1.807, 2.05) is 0 Å². The third kappa shape index (κ3) is 6.58. The van der Waals surface area contributed by atoms with Crippen LogP contribution >= 0.6 is 0 Å². The topological polar surface area (TPSA) is 30.7 Å². The standard InChI is InChI=1S/C65H45N3/c1-65(2)57-28-16-29-59-62(57)63(55-33-31-50(41-58(55)65)44-21-10-5-11-22-44)67-64(66-59)68-60-30-13-12-27-54(60)56-40-49(32-34-61(56)68)53-38-51(47-25-14-23-45(35-47)42-17-6-3-7-18-42)37-52(39-53)48-26-15-24-46(36-48)43-19-8-4-9-20-43/h3-41H,1-2H3. The molecule has 0 bridgehead atoms. The second-order valence-corrected chi connectivity index (χ2v) is 18.6. The normalized spacial score (nSPS) is 12.7. The zero-order chi connectivity index (χ0) is 45.3. The molecule has 0 saturated heterocycles. The van der Waals surface area contributed by atoms with Crippen molar-refractivity contribution in [2.45, 2.75) is 19.3 Å². The quantitative estimate of drug-likeness (QED) is 0.160. The van der Waals surface area contributed by atoms with E-state index in [1.54, 1.807) is 0 Å². The molecule has 3 nitrogen and oxygen atoms in total. The Hall–Kier alpha value is -8.66. The second-order valence-electron chi connectivity index (χ2n) is 18.6. The fourth-order valence-corrected chi connectivity index (χ4v) is 10.7. The number of fused-ring (bicyclic) bond motifs is 5. The van der Waals surface area contributed by atoms with Crippen molar-refractivity contribution in [3.63, 3.8) is 0 Å². The van der Waals surface area contributed by atoms with Crippen LogP contribution in [0.2, 0.25) is 0 Å². The number of para-hydroxylation sites is 1. The zero-order valence-electron chi connectivity index (χ0n) is 37.9. The maximum absolute atomic E-state index is 5.56.